The standard InChI is InChI=1S/C29H34N4O4S/c1-5-8-22-24(17-29(22)13-14-29)33(4)27(35)20-11-7-12-21(15-20)38(36,37)32-28-30-23(16-25(34)31-28)26-18(2)9-6-10-19(26)3/h6-7,9-12,15-16,22,24H,5,8,13-14,17H2,1-4H3,(H2,30,31,32,34). The highest BCUT2D eigenvalue weighted by Crippen LogP contribution is 2.66. The summed E-state index contributed by atoms with van der Waals surface area (Å²) in [5, 5.41) is 0. The van der Waals surface area contributed by atoms with Gasteiger partial charge in [-0.25, -0.2) is 18.1 Å². The molecule has 200 valence electrons. The van der Waals surface area contributed by atoms with Gasteiger partial charge in [-0.15, -0.1) is 0 Å². The van der Waals surface area contributed by atoms with Crippen LogP contribution in [0.2, 0.25) is 0 Å². The number of anilines is 1. The monoisotopic (exact) mass is 534 g/mol. The van der Waals surface area contributed by atoms with Crippen LogP contribution in [-0.2, 0) is 10.0 Å². The predicted octanol–water partition coefficient (Wildman–Crippen LogP) is 4.90. The van der Waals surface area contributed by atoms with Crippen LogP contribution >= 0.6 is 0 Å². The average molecular weight is 535 g/mol. The normalized spacial score (nSPS) is 19.6. The molecule has 2 aliphatic carbocycles. The lowest BCUT2D eigenvalue weighted by Gasteiger charge is -2.50. The second-order valence-corrected chi connectivity index (χ2v) is 12.5. The zero-order valence-electron chi connectivity index (χ0n) is 22.2. The van der Waals surface area contributed by atoms with E-state index in [4.69, 9.17) is 0 Å². The van der Waals surface area contributed by atoms with Crippen molar-refractivity contribution in [1.82, 2.24) is 14.9 Å². The number of hydrogen-bond donors (Lipinski definition) is 2. The van der Waals surface area contributed by atoms with Gasteiger partial charge in [0.05, 0.1) is 10.6 Å². The van der Waals surface area contributed by atoms with Gasteiger partial charge in [-0.1, -0.05) is 37.6 Å². The van der Waals surface area contributed by atoms with E-state index in [1.807, 2.05) is 39.1 Å². The van der Waals surface area contributed by atoms with Crippen molar-refractivity contribution in [1.29, 1.82) is 0 Å². The summed E-state index contributed by atoms with van der Waals surface area (Å²) in [4.78, 5) is 34.3. The molecule has 2 atom stereocenters. The average Bonchev–Trinajstić information content (AvgIpc) is 3.67. The number of H-pyrrole nitrogens is 1. The Morgan fingerprint density at radius 2 is 1.82 bits per heavy atom. The summed E-state index contributed by atoms with van der Waals surface area (Å²) in [6.07, 6.45) is 5.71. The molecule has 0 aliphatic heterocycles. The van der Waals surface area contributed by atoms with Crippen LogP contribution in [0.3, 0.4) is 0 Å². The molecule has 2 aromatic carbocycles. The maximum atomic E-state index is 13.4. The Morgan fingerprint density at radius 1 is 1.13 bits per heavy atom. The van der Waals surface area contributed by atoms with Crippen LogP contribution in [0.15, 0.2) is 58.2 Å². The van der Waals surface area contributed by atoms with E-state index in [1.165, 1.54) is 31.0 Å². The number of amides is 1. The molecule has 2 N–H and O–H groups in total. The first kappa shape index (κ1) is 26.2. The van der Waals surface area contributed by atoms with Gasteiger partial charge in [0.1, 0.15) is 0 Å². The minimum Gasteiger partial charge on any atom is -0.338 e. The van der Waals surface area contributed by atoms with E-state index in [9.17, 15) is 18.0 Å². The molecule has 9 heteroatoms. The van der Waals surface area contributed by atoms with Gasteiger partial charge in [0.25, 0.3) is 21.5 Å². The number of benzene rings is 2. The SMILES string of the molecule is CCCC1C(N(C)C(=O)c2cccc(S(=O)(=O)Nc3nc(-c4c(C)cccc4C)cc(=O)[nH]3)c2)CC12CC2. The van der Waals surface area contributed by atoms with E-state index in [-0.39, 0.29) is 22.8 Å². The van der Waals surface area contributed by atoms with E-state index < -0.39 is 15.6 Å². The number of sulfonamides is 1. The highest BCUT2D eigenvalue weighted by atomic mass is 32.2. The number of aromatic nitrogens is 2. The van der Waals surface area contributed by atoms with Gasteiger partial charge in [0.15, 0.2) is 0 Å². The first-order chi connectivity index (χ1) is 18.0. The molecule has 2 aliphatic rings. The van der Waals surface area contributed by atoms with Crippen LogP contribution in [0, 0.1) is 25.2 Å². The predicted molar refractivity (Wildman–Crippen MR) is 148 cm³/mol. The molecule has 2 saturated carbocycles. The van der Waals surface area contributed by atoms with Gasteiger partial charge in [0.2, 0.25) is 5.95 Å². The van der Waals surface area contributed by atoms with Crippen LogP contribution in [-0.4, -0.2) is 42.3 Å². The van der Waals surface area contributed by atoms with Crippen molar-refractivity contribution in [3.05, 3.63) is 75.6 Å². The number of nitrogens with one attached hydrogen (secondary N) is 2. The summed E-state index contributed by atoms with van der Waals surface area (Å²) in [7, 11) is -2.31. The molecule has 5 rings (SSSR count). The highest BCUT2D eigenvalue weighted by Gasteiger charge is 2.61. The van der Waals surface area contributed by atoms with Gasteiger partial charge in [-0.2, -0.15) is 0 Å². The van der Waals surface area contributed by atoms with Crippen LogP contribution in [0.5, 0.6) is 0 Å². The van der Waals surface area contributed by atoms with Crippen LogP contribution < -0.4 is 10.3 Å². The summed E-state index contributed by atoms with van der Waals surface area (Å²) in [6.45, 7) is 5.99. The van der Waals surface area contributed by atoms with Gasteiger partial charge in [0, 0.05) is 30.3 Å². The number of rotatable bonds is 8. The van der Waals surface area contributed by atoms with Gasteiger partial charge in [-0.05, 0) is 80.2 Å². The lowest BCUT2D eigenvalue weighted by Crippen LogP contribution is -2.54. The fourth-order valence-electron chi connectivity index (χ4n) is 6.10. The largest absolute Gasteiger partial charge is 0.338 e. The zero-order chi connectivity index (χ0) is 27.2. The Hall–Kier alpha value is -3.46. The van der Waals surface area contributed by atoms with Crippen molar-refractivity contribution in [3.8, 4) is 11.3 Å². The van der Waals surface area contributed by atoms with Crippen LogP contribution in [0.1, 0.15) is 60.5 Å². The Morgan fingerprint density at radius 3 is 2.47 bits per heavy atom. The van der Waals surface area contributed by atoms with Gasteiger partial charge in [-0.3, -0.25) is 14.6 Å². The van der Waals surface area contributed by atoms with E-state index in [0.29, 0.717) is 22.6 Å². The Labute approximate surface area is 223 Å². The first-order valence-corrected chi connectivity index (χ1v) is 14.6. The molecule has 1 spiro atoms. The number of carbonyl (C=O) groups is 1. The van der Waals surface area contributed by atoms with E-state index >= 15 is 0 Å². The minimum absolute atomic E-state index is 0.0748. The number of nitrogens with zero attached hydrogens (tertiary/aromatic N) is 2. The smallest absolute Gasteiger partial charge is 0.264 e. The number of aromatic amines is 1. The third-order valence-electron chi connectivity index (χ3n) is 8.28. The number of carbonyl (C=O) groups excluding carboxylic acids is 1. The maximum absolute atomic E-state index is 13.4. The molecule has 3 aromatic rings. The summed E-state index contributed by atoms with van der Waals surface area (Å²) in [5.74, 6) is 0.143. The molecular formula is C29H34N4O4S. The molecule has 0 saturated heterocycles. The lowest BCUT2D eigenvalue weighted by atomic mass is 9.63. The van der Waals surface area contributed by atoms with Gasteiger partial charge >= 0.3 is 0 Å². The molecule has 0 bridgehead atoms. The second-order valence-electron chi connectivity index (χ2n) is 10.8. The van der Waals surface area contributed by atoms with Crippen LogP contribution in [0.4, 0.5) is 5.95 Å². The Kier molecular flexibility index (Phi) is 6.67. The van der Waals surface area contributed by atoms with Gasteiger partial charge < -0.3 is 4.90 Å². The van der Waals surface area contributed by atoms with Crippen molar-refractivity contribution in [2.45, 2.75) is 63.8 Å². The van der Waals surface area contributed by atoms with E-state index in [2.05, 4.69) is 21.6 Å². The fraction of sp³-hybridized carbons (Fsp3) is 0.414. The highest BCUT2D eigenvalue weighted by molar-refractivity contribution is 7.92. The van der Waals surface area contributed by atoms with Crippen LogP contribution in [0.25, 0.3) is 11.3 Å². The second kappa shape index (κ2) is 9.69. The summed E-state index contributed by atoms with van der Waals surface area (Å²) >= 11 is 0. The van der Waals surface area contributed by atoms with Crippen molar-refractivity contribution in [2.24, 2.45) is 11.3 Å². The molecule has 1 amide bonds. The minimum atomic E-state index is -4.12. The quantitative estimate of drug-likeness (QED) is 0.427. The summed E-state index contributed by atoms with van der Waals surface area (Å²) in [5.41, 5.74) is 3.27. The third kappa shape index (κ3) is 4.75. The number of aryl methyl sites for hydroxylation is 2. The zero-order valence-corrected chi connectivity index (χ0v) is 23.1. The Bertz CT molecular complexity index is 1540. The maximum Gasteiger partial charge on any atom is 0.264 e. The molecule has 1 aromatic heterocycles. The molecule has 0 radical (unpaired) electrons. The van der Waals surface area contributed by atoms with E-state index in [1.54, 1.807) is 17.0 Å². The first-order valence-electron chi connectivity index (χ1n) is 13.1. The van der Waals surface area contributed by atoms with Crippen molar-refractivity contribution in [3.63, 3.8) is 0 Å². The molecule has 8 nitrogen and oxygen atoms in total. The summed E-state index contributed by atoms with van der Waals surface area (Å²) < 4.78 is 28.9. The molecule has 38 heavy (non-hydrogen) atoms. The van der Waals surface area contributed by atoms with E-state index in [0.717, 1.165) is 36.0 Å². The molecule has 2 unspecified atom stereocenters. The van der Waals surface area contributed by atoms with Crippen molar-refractivity contribution in [2.75, 3.05) is 11.8 Å². The van der Waals surface area contributed by atoms with Crippen molar-refractivity contribution < 1.29 is 13.2 Å². The third-order valence-corrected chi connectivity index (χ3v) is 9.61. The lowest BCUT2D eigenvalue weighted by molar-refractivity contribution is 0.0000904. The molecule has 2 fully saturated rings. The number of hydrogen-bond acceptors (Lipinski definition) is 5. The summed E-state index contributed by atoms with van der Waals surface area (Å²) in [6, 6.07) is 13.3. The molecular weight excluding hydrogens is 500 g/mol. The Balaban J connectivity index is 1.38. The topological polar surface area (TPSA) is 112 Å². The molecule has 1 heterocycles. The van der Waals surface area contributed by atoms with Crippen molar-refractivity contribution >= 4 is 21.9 Å². The fourth-order valence-corrected chi connectivity index (χ4v) is 7.11.